The fourth-order valence-electron chi connectivity index (χ4n) is 1.12. The second kappa shape index (κ2) is 6.17. The molecule has 2 N–H and O–H groups in total. The quantitative estimate of drug-likeness (QED) is 0.747. The zero-order valence-electron chi connectivity index (χ0n) is 8.54. The first-order valence-corrected chi connectivity index (χ1v) is 5.53. The van der Waals surface area contributed by atoms with Crippen molar-refractivity contribution in [1.82, 2.24) is 5.32 Å². The second-order valence-corrected chi connectivity index (χ2v) is 4.02. The largest absolute Gasteiger partial charge is 0.325 e. The van der Waals surface area contributed by atoms with Gasteiger partial charge in [-0.2, -0.15) is 5.26 Å². The van der Waals surface area contributed by atoms with Crippen LogP contribution >= 0.6 is 11.3 Å². The maximum atomic E-state index is 10.9. The van der Waals surface area contributed by atoms with Gasteiger partial charge in [0.15, 0.2) is 0 Å². The third-order valence-electron chi connectivity index (χ3n) is 1.76. The molecule has 0 atom stereocenters. The van der Waals surface area contributed by atoms with Crippen molar-refractivity contribution in [1.29, 1.82) is 5.26 Å². The van der Waals surface area contributed by atoms with E-state index in [0.29, 0.717) is 19.5 Å². The van der Waals surface area contributed by atoms with Gasteiger partial charge in [0, 0.05) is 31.3 Å². The Morgan fingerprint density at radius 1 is 1.67 bits per heavy atom. The van der Waals surface area contributed by atoms with Gasteiger partial charge in [0.05, 0.1) is 11.8 Å². The summed E-state index contributed by atoms with van der Waals surface area (Å²) in [5, 5.41) is 16.2. The first-order valence-electron chi connectivity index (χ1n) is 4.65. The van der Waals surface area contributed by atoms with Crippen LogP contribution in [-0.2, 0) is 11.3 Å². The van der Waals surface area contributed by atoms with Crippen LogP contribution in [0.5, 0.6) is 0 Å². The molecule has 1 rings (SSSR count). The number of carbonyl (C=O) groups is 1. The number of hydrogen-bond acceptors (Lipinski definition) is 4. The van der Waals surface area contributed by atoms with E-state index in [4.69, 9.17) is 5.26 Å². The highest BCUT2D eigenvalue weighted by atomic mass is 32.1. The SMILES string of the molecule is CC(=O)Nc1ccsc1CNCCC#N. The summed E-state index contributed by atoms with van der Waals surface area (Å²) in [5.74, 6) is -0.0633. The Morgan fingerprint density at radius 3 is 3.13 bits per heavy atom. The van der Waals surface area contributed by atoms with Crippen molar-refractivity contribution in [3.8, 4) is 6.07 Å². The zero-order valence-corrected chi connectivity index (χ0v) is 9.36. The van der Waals surface area contributed by atoms with Crippen molar-refractivity contribution in [3.05, 3.63) is 16.3 Å². The molecule has 0 aromatic carbocycles. The summed E-state index contributed by atoms with van der Waals surface area (Å²) in [6, 6.07) is 3.95. The summed E-state index contributed by atoms with van der Waals surface area (Å²) >= 11 is 1.59. The summed E-state index contributed by atoms with van der Waals surface area (Å²) < 4.78 is 0. The minimum Gasteiger partial charge on any atom is -0.325 e. The van der Waals surface area contributed by atoms with Crippen molar-refractivity contribution in [2.24, 2.45) is 0 Å². The van der Waals surface area contributed by atoms with Crippen molar-refractivity contribution in [2.45, 2.75) is 19.9 Å². The summed E-state index contributed by atoms with van der Waals surface area (Å²) in [4.78, 5) is 12.0. The highest BCUT2D eigenvalue weighted by Gasteiger charge is 2.04. The summed E-state index contributed by atoms with van der Waals surface area (Å²) in [7, 11) is 0. The van der Waals surface area contributed by atoms with Gasteiger partial charge >= 0.3 is 0 Å². The monoisotopic (exact) mass is 223 g/mol. The Labute approximate surface area is 92.9 Å². The van der Waals surface area contributed by atoms with Crippen LogP contribution in [0.3, 0.4) is 0 Å². The summed E-state index contributed by atoms with van der Waals surface area (Å²) in [6.45, 7) is 2.85. The molecule has 80 valence electrons. The number of anilines is 1. The normalized spacial score (nSPS) is 9.60. The molecule has 0 spiro atoms. The van der Waals surface area contributed by atoms with E-state index in [2.05, 4.69) is 16.7 Å². The molecule has 5 heteroatoms. The molecule has 0 fully saturated rings. The molecule has 1 aromatic rings. The van der Waals surface area contributed by atoms with E-state index >= 15 is 0 Å². The molecule has 0 radical (unpaired) electrons. The molecule has 0 unspecified atom stereocenters. The Bertz CT molecular complexity index is 367. The smallest absolute Gasteiger partial charge is 0.221 e. The Morgan fingerprint density at radius 2 is 2.47 bits per heavy atom. The second-order valence-electron chi connectivity index (χ2n) is 3.02. The lowest BCUT2D eigenvalue weighted by Crippen LogP contribution is -2.15. The number of carbonyl (C=O) groups excluding carboxylic acids is 1. The molecule has 1 amide bonds. The molecule has 0 aliphatic heterocycles. The van der Waals surface area contributed by atoms with E-state index in [-0.39, 0.29) is 5.91 Å². The van der Waals surface area contributed by atoms with E-state index in [1.54, 1.807) is 11.3 Å². The van der Waals surface area contributed by atoms with Crippen molar-refractivity contribution >= 4 is 22.9 Å². The third kappa shape index (κ3) is 4.11. The predicted molar refractivity (Wildman–Crippen MR) is 60.6 cm³/mol. The molecular weight excluding hydrogens is 210 g/mol. The Balaban J connectivity index is 2.43. The van der Waals surface area contributed by atoms with Gasteiger partial charge in [-0.25, -0.2) is 0 Å². The van der Waals surface area contributed by atoms with Gasteiger partial charge in [-0.1, -0.05) is 0 Å². The maximum Gasteiger partial charge on any atom is 0.221 e. The standard InChI is InChI=1S/C10H13N3OS/c1-8(14)13-9-3-6-15-10(9)7-12-5-2-4-11/h3,6,12H,2,5,7H2,1H3,(H,13,14). The fourth-order valence-corrected chi connectivity index (χ4v) is 1.92. The minimum atomic E-state index is -0.0633. The predicted octanol–water partition coefficient (Wildman–Crippen LogP) is 1.71. The van der Waals surface area contributed by atoms with E-state index in [1.807, 2.05) is 11.4 Å². The van der Waals surface area contributed by atoms with Crippen molar-refractivity contribution in [3.63, 3.8) is 0 Å². The number of hydrogen-bond donors (Lipinski definition) is 2. The highest BCUT2D eigenvalue weighted by Crippen LogP contribution is 2.21. The van der Waals surface area contributed by atoms with Crippen LogP contribution in [0, 0.1) is 11.3 Å². The molecular formula is C10H13N3OS. The van der Waals surface area contributed by atoms with E-state index in [0.717, 1.165) is 10.6 Å². The van der Waals surface area contributed by atoms with Gasteiger partial charge in [-0.15, -0.1) is 11.3 Å². The van der Waals surface area contributed by atoms with Crippen molar-refractivity contribution in [2.75, 3.05) is 11.9 Å². The summed E-state index contributed by atoms with van der Waals surface area (Å²) in [5.41, 5.74) is 0.858. The van der Waals surface area contributed by atoms with E-state index in [9.17, 15) is 4.79 Å². The minimum absolute atomic E-state index is 0.0633. The number of thiophene rings is 1. The van der Waals surface area contributed by atoms with Gasteiger partial charge < -0.3 is 10.6 Å². The van der Waals surface area contributed by atoms with Crippen molar-refractivity contribution < 1.29 is 4.79 Å². The molecule has 0 saturated carbocycles. The first-order chi connectivity index (χ1) is 7.24. The Kier molecular flexibility index (Phi) is 4.81. The van der Waals surface area contributed by atoms with Gasteiger partial charge in [-0.05, 0) is 11.4 Å². The number of nitrogens with one attached hydrogen (secondary N) is 2. The average molecular weight is 223 g/mol. The number of nitriles is 1. The average Bonchev–Trinajstić information content (AvgIpc) is 2.59. The number of nitrogens with zero attached hydrogens (tertiary/aromatic N) is 1. The third-order valence-corrected chi connectivity index (χ3v) is 2.68. The van der Waals surface area contributed by atoms with Crippen LogP contribution in [0.4, 0.5) is 5.69 Å². The van der Waals surface area contributed by atoms with Crippen LogP contribution in [0.1, 0.15) is 18.2 Å². The molecule has 0 aliphatic carbocycles. The maximum absolute atomic E-state index is 10.9. The molecule has 4 nitrogen and oxygen atoms in total. The molecule has 1 heterocycles. The molecule has 1 aromatic heterocycles. The Hall–Kier alpha value is -1.38. The zero-order chi connectivity index (χ0) is 11.1. The van der Waals surface area contributed by atoms with Crippen LogP contribution in [0.25, 0.3) is 0 Å². The lowest BCUT2D eigenvalue weighted by Gasteiger charge is -2.04. The number of amides is 1. The molecule has 0 saturated heterocycles. The lowest BCUT2D eigenvalue weighted by molar-refractivity contribution is -0.114. The van der Waals surface area contributed by atoms with Gasteiger partial charge in [0.2, 0.25) is 5.91 Å². The van der Waals surface area contributed by atoms with Crippen LogP contribution in [-0.4, -0.2) is 12.5 Å². The molecule has 15 heavy (non-hydrogen) atoms. The highest BCUT2D eigenvalue weighted by molar-refractivity contribution is 7.10. The molecule has 0 aliphatic rings. The van der Waals surface area contributed by atoms with Gasteiger partial charge in [-0.3, -0.25) is 4.79 Å². The number of rotatable bonds is 5. The van der Waals surface area contributed by atoms with Crippen LogP contribution < -0.4 is 10.6 Å². The topological polar surface area (TPSA) is 64.9 Å². The summed E-state index contributed by atoms with van der Waals surface area (Å²) in [6.07, 6.45) is 0.501. The van der Waals surface area contributed by atoms with Gasteiger partial charge in [0.1, 0.15) is 0 Å². The van der Waals surface area contributed by atoms with Gasteiger partial charge in [0.25, 0.3) is 0 Å². The van der Waals surface area contributed by atoms with Crippen LogP contribution in [0.2, 0.25) is 0 Å². The van der Waals surface area contributed by atoms with E-state index < -0.39 is 0 Å². The molecule has 0 bridgehead atoms. The van der Waals surface area contributed by atoms with E-state index in [1.165, 1.54) is 6.92 Å². The first kappa shape index (κ1) is 11.7. The van der Waals surface area contributed by atoms with Crippen LogP contribution in [0.15, 0.2) is 11.4 Å². The fraction of sp³-hybridized carbons (Fsp3) is 0.400. The lowest BCUT2D eigenvalue weighted by atomic mass is 10.3.